The SMILES string of the molecule is CCO/C(N)=C1\C=C\c2[nH]nc3c(C)nc(cc23)-c2c(COC)nn(C)c2O[C@@H](C)CN(CC)CC1=N[C@@H](C)CO. The summed E-state index contributed by atoms with van der Waals surface area (Å²) in [6.07, 6.45) is 3.62. The molecule has 3 aromatic heterocycles. The van der Waals surface area contributed by atoms with Crippen LogP contribution in [0.2, 0.25) is 0 Å². The minimum absolute atomic E-state index is 0.0893. The molecule has 2 atom stereocenters. The number of aryl methyl sites for hydroxylation is 2. The summed E-state index contributed by atoms with van der Waals surface area (Å²) in [5.41, 5.74) is 12.4. The van der Waals surface area contributed by atoms with E-state index < -0.39 is 0 Å². The molecule has 4 rings (SSSR count). The standard InChI is InChI=1S/C29H42N8O4/c1-8-37-13-18(4)41-29-26(25(16-39-7)35-36(29)6)23-12-21-22(33-34-27(21)19(5)32-23)11-10-20(28(30)40-9-2)24(14-37)31-17(3)15-38/h10-12,17-18,38H,8-9,13-16,30H2,1-7H3,(H,33,34)/b11-10+,28-20+,31-24?/t17-,18-/m0/s1. The van der Waals surface area contributed by atoms with E-state index in [9.17, 15) is 5.11 Å². The number of rotatable bonds is 7. The van der Waals surface area contributed by atoms with E-state index in [0.717, 1.165) is 45.8 Å². The third-order valence-corrected chi connectivity index (χ3v) is 6.93. The number of aromatic nitrogens is 5. The third-order valence-electron chi connectivity index (χ3n) is 6.93. The van der Waals surface area contributed by atoms with Gasteiger partial charge in [0.15, 0.2) is 5.88 Å². The molecule has 12 heteroatoms. The van der Waals surface area contributed by atoms with Crippen molar-refractivity contribution in [3.63, 3.8) is 0 Å². The molecule has 0 unspecified atom stereocenters. The highest BCUT2D eigenvalue weighted by Crippen LogP contribution is 2.36. The average molecular weight is 567 g/mol. The molecule has 4 heterocycles. The maximum absolute atomic E-state index is 9.83. The van der Waals surface area contributed by atoms with Crippen LogP contribution in [0.15, 0.2) is 28.6 Å². The van der Waals surface area contributed by atoms with E-state index in [2.05, 4.69) is 22.0 Å². The van der Waals surface area contributed by atoms with E-state index >= 15 is 0 Å². The number of ether oxygens (including phenoxy) is 3. The van der Waals surface area contributed by atoms with Gasteiger partial charge in [-0.15, -0.1) is 0 Å². The number of aliphatic hydroxyl groups excluding tert-OH is 1. The average Bonchev–Trinajstić information content (AvgIpc) is 3.48. The summed E-state index contributed by atoms with van der Waals surface area (Å²) in [5.74, 6) is 0.883. The van der Waals surface area contributed by atoms with Gasteiger partial charge in [0, 0.05) is 32.6 Å². The number of allylic oxidation sites excluding steroid dienone is 1. The first kappa shape index (κ1) is 30.2. The number of H-pyrrole nitrogens is 1. The Hall–Kier alpha value is -3.74. The molecule has 0 saturated heterocycles. The molecule has 2 bridgehead atoms. The van der Waals surface area contributed by atoms with Crippen LogP contribution in [-0.4, -0.2) is 92.8 Å². The molecular formula is C29H42N8O4. The summed E-state index contributed by atoms with van der Waals surface area (Å²) < 4.78 is 19.6. The minimum atomic E-state index is -0.322. The lowest BCUT2D eigenvalue weighted by atomic mass is 10.1. The van der Waals surface area contributed by atoms with Gasteiger partial charge in [-0.2, -0.15) is 10.2 Å². The normalized spacial score (nSPS) is 20.4. The van der Waals surface area contributed by atoms with Gasteiger partial charge in [0.1, 0.15) is 17.3 Å². The van der Waals surface area contributed by atoms with Gasteiger partial charge in [0.2, 0.25) is 5.88 Å². The van der Waals surface area contributed by atoms with Crippen molar-refractivity contribution >= 4 is 22.7 Å². The fourth-order valence-corrected chi connectivity index (χ4v) is 4.97. The Kier molecular flexibility index (Phi) is 9.79. The van der Waals surface area contributed by atoms with Crippen LogP contribution in [0.3, 0.4) is 0 Å². The molecule has 0 amide bonds. The van der Waals surface area contributed by atoms with E-state index in [1.165, 1.54) is 0 Å². The molecule has 0 saturated carbocycles. The van der Waals surface area contributed by atoms with E-state index in [4.69, 9.17) is 35.0 Å². The van der Waals surface area contributed by atoms with Crippen LogP contribution < -0.4 is 10.5 Å². The molecule has 3 aromatic rings. The Morgan fingerprint density at radius 1 is 1.34 bits per heavy atom. The second-order valence-electron chi connectivity index (χ2n) is 10.2. The van der Waals surface area contributed by atoms with Gasteiger partial charge in [-0.3, -0.25) is 20.0 Å². The number of likely N-dealkylation sites (N-methyl/N-ethyl adjacent to an activating group) is 1. The molecule has 0 aliphatic carbocycles. The number of aliphatic imine (C=N–C) groups is 1. The monoisotopic (exact) mass is 566 g/mol. The van der Waals surface area contributed by atoms with Crippen molar-refractivity contribution < 1.29 is 19.3 Å². The first-order chi connectivity index (χ1) is 19.7. The molecular weight excluding hydrogens is 524 g/mol. The number of nitrogens with two attached hydrogens (primary N) is 1. The largest absolute Gasteiger partial charge is 0.479 e. The quantitative estimate of drug-likeness (QED) is 0.367. The zero-order valence-electron chi connectivity index (χ0n) is 25.1. The molecule has 0 fully saturated rings. The van der Waals surface area contributed by atoms with Gasteiger partial charge >= 0.3 is 0 Å². The Morgan fingerprint density at radius 3 is 2.80 bits per heavy atom. The predicted octanol–water partition coefficient (Wildman–Crippen LogP) is 2.96. The maximum atomic E-state index is 9.83. The zero-order chi connectivity index (χ0) is 29.7. The summed E-state index contributed by atoms with van der Waals surface area (Å²) in [5, 5.41) is 23.1. The topological polar surface area (TPSA) is 149 Å². The van der Waals surface area contributed by atoms with Gasteiger partial charge in [-0.1, -0.05) is 6.92 Å². The van der Waals surface area contributed by atoms with Crippen molar-refractivity contribution in [2.75, 3.05) is 40.0 Å². The maximum Gasteiger partial charge on any atom is 0.221 e. The number of pyridine rings is 1. The third kappa shape index (κ3) is 6.61. The first-order valence-electron chi connectivity index (χ1n) is 14.0. The number of nitrogens with zero attached hydrogens (tertiary/aromatic N) is 6. The highest BCUT2D eigenvalue weighted by Gasteiger charge is 2.25. The second-order valence-corrected chi connectivity index (χ2v) is 10.2. The molecule has 0 spiro atoms. The van der Waals surface area contributed by atoms with Crippen LogP contribution in [0, 0.1) is 6.92 Å². The van der Waals surface area contributed by atoms with E-state index in [-0.39, 0.29) is 24.6 Å². The molecule has 0 radical (unpaired) electrons. The summed E-state index contributed by atoms with van der Waals surface area (Å²) in [7, 11) is 3.51. The molecule has 41 heavy (non-hydrogen) atoms. The Balaban J connectivity index is 1.99. The Bertz CT molecular complexity index is 1450. The molecule has 1 aliphatic rings. The number of methoxy groups -OCH3 is 1. The predicted molar refractivity (Wildman–Crippen MR) is 160 cm³/mol. The summed E-state index contributed by atoms with van der Waals surface area (Å²) in [6, 6.07) is 1.67. The van der Waals surface area contributed by atoms with Crippen molar-refractivity contribution in [2.24, 2.45) is 17.8 Å². The lowest BCUT2D eigenvalue weighted by molar-refractivity contribution is 0.149. The van der Waals surface area contributed by atoms with Crippen molar-refractivity contribution in [3.05, 3.63) is 40.7 Å². The number of nitrogens with one attached hydrogen (secondary N) is 1. The van der Waals surface area contributed by atoms with Crippen LogP contribution in [-0.2, 0) is 23.1 Å². The van der Waals surface area contributed by atoms with Gasteiger partial charge in [0.05, 0.1) is 59.8 Å². The Labute approximate surface area is 240 Å². The van der Waals surface area contributed by atoms with E-state index in [0.29, 0.717) is 43.5 Å². The number of fused-ring (bicyclic) bond motifs is 3. The second kappa shape index (κ2) is 13.3. The molecule has 12 nitrogen and oxygen atoms in total. The van der Waals surface area contributed by atoms with Gasteiger partial charge < -0.3 is 25.1 Å². The fraction of sp³-hybridized carbons (Fsp3) is 0.517. The molecule has 0 aromatic carbocycles. The highest BCUT2D eigenvalue weighted by atomic mass is 16.5. The van der Waals surface area contributed by atoms with Crippen molar-refractivity contribution in [1.82, 2.24) is 29.9 Å². The van der Waals surface area contributed by atoms with Crippen molar-refractivity contribution in [1.29, 1.82) is 0 Å². The number of hydrogen-bond donors (Lipinski definition) is 3. The van der Waals surface area contributed by atoms with Crippen LogP contribution in [0.25, 0.3) is 28.2 Å². The summed E-state index contributed by atoms with van der Waals surface area (Å²) in [6.45, 7) is 12.3. The first-order valence-corrected chi connectivity index (χ1v) is 14.0. The minimum Gasteiger partial charge on any atom is -0.479 e. The van der Waals surface area contributed by atoms with E-state index in [1.807, 2.05) is 53.0 Å². The van der Waals surface area contributed by atoms with E-state index in [1.54, 1.807) is 11.8 Å². The smallest absolute Gasteiger partial charge is 0.221 e. The van der Waals surface area contributed by atoms with Gasteiger partial charge in [-0.05, 0) is 52.5 Å². The van der Waals surface area contributed by atoms with Crippen LogP contribution in [0.1, 0.15) is 44.8 Å². The number of aliphatic hydroxyl groups is 1. The lowest BCUT2D eigenvalue weighted by Gasteiger charge is -2.26. The zero-order valence-corrected chi connectivity index (χ0v) is 25.1. The number of hydrogen-bond acceptors (Lipinski definition) is 10. The van der Waals surface area contributed by atoms with Gasteiger partial charge in [-0.25, -0.2) is 4.68 Å². The molecule has 4 N–H and O–H groups in total. The van der Waals surface area contributed by atoms with Crippen LogP contribution in [0.5, 0.6) is 5.88 Å². The Morgan fingerprint density at radius 2 is 2.12 bits per heavy atom. The lowest BCUT2D eigenvalue weighted by Crippen LogP contribution is -2.38. The highest BCUT2D eigenvalue weighted by molar-refractivity contribution is 6.05. The van der Waals surface area contributed by atoms with Gasteiger partial charge in [0.25, 0.3) is 0 Å². The summed E-state index contributed by atoms with van der Waals surface area (Å²) in [4.78, 5) is 12.0. The van der Waals surface area contributed by atoms with Crippen LogP contribution in [0.4, 0.5) is 0 Å². The summed E-state index contributed by atoms with van der Waals surface area (Å²) >= 11 is 0. The molecule has 222 valence electrons. The fourth-order valence-electron chi connectivity index (χ4n) is 4.97. The molecule has 1 aliphatic heterocycles. The van der Waals surface area contributed by atoms with Crippen LogP contribution >= 0.6 is 0 Å². The van der Waals surface area contributed by atoms with Crippen molar-refractivity contribution in [2.45, 2.75) is 53.4 Å². The van der Waals surface area contributed by atoms with Crippen molar-refractivity contribution in [3.8, 4) is 17.1 Å². The number of aromatic amines is 1.